The summed E-state index contributed by atoms with van der Waals surface area (Å²) in [4.78, 5) is 36.8. The minimum absolute atomic E-state index is 0.00778. The summed E-state index contributed by atoms with van der Waals surface area (Å²) >= 11 is 0. The Bertz CT molecular complexity index is 556. The number of carbonyl (C=O) groups excluding carboxylic acids is 3. The minimum atomic E-state index is -0.581. The van der Waals surface area contributed by atoms with Crippen LogP contribution in [0.15, 0.2) is 25.3 Å². The molecule has 30 heavy (non-hydrogen) atoms. The smallest absolute Gasteiger partial charge is 0.306 e. The summed E-state index contributed by atoms with van der Waals surface area (Å²) in [7, 11) is 0. The summed E-state index contributed by atoms with van der Waals surface area (Å²) in [6.07, 6.45) is 4.38. The molecule has 0 aliphatic heterocycles. The average molecular weight is 427 g/mol. The first kappa shape index (κ1) is 27.8. The van der Waals surface area contributed by atoms with Crippen LogP contribution in [0.5, 0.6) is 0 Å². The highest BCUT2D eigenvalue weighted by molar-refractivity contribution is 5.86. The zero-order valence-corrected chi connectivity index (χ0v) is 18.6. The molecule has 0 radical (unpaired) electrons. The van der Waals surface area contributed by atoms with E-state index in [0.29, 0.717) is 19.4 Å². The van der Waals surface area contributed by atoms with E-state index in [1.807, 2.05) is 20.8 Å². The van der Waals surface area contributed by atoms with Crippen molar-refractivity contribution in [2.75, 3.05) is 33.0 Å². The maximum Gasteiger partial charge on any atom is 0.306 e. The molecular weight excluding hydrogens is 388 g/mol. The summed E-state index contributed by atoms with van der Waals surface area (Å²) in [5.41, 5.74) is -0.348. The van der Waals surface area contributed by atoms with E-state index in [0.717, 1.165) is 0 Å². The van der Waals surface area contributed by atoms with E-state index in [1.54, 1.807) is 12.2 Å². The van der Waals surface area contributed by atoms with Crippen LogP contribution in [0.1, 0.15) is 46.5 Å². The second-order valence-corrected chi connectivity index (χ2v) is 8.05. The van der Waals surface area contributed by atoms with E-state index >= 15 is 0 Å². The van der Waals surface area contributed by atoms with Gasteiger partial charge in [0.1, 0.15) is 6.61 Å². The summed E-state index contributed by atoms with van der Waals surface area (Å²) < 4.78 is 10.4. The van der Waals surface area contributed by atoms with E-state index in [4.69, 9.17) is 14.6 Å². The monoisotopic (exact) mass is 426 g/mol. The van der Waals surface area contributed by atoms with Crippen LogP contribution in [0.2, 0.25) is 0 Å². The lowest BCUT2D eigenvalue weighted by molar-refractivity contribution is -0.146. The first-order valence-electron chi connectivity index (χ1n) is 10.3. The van der Waals surface area contributed by atoms with Crippen LogP contribution >= 0.6 is 0 Å². The number of aliphatic hydroxyl groups is 1. The van der Waals surface area contributed by atoms with Crippen LogP contribution < -0.4 is 10.6 Å². The Labute approximate surface area is 180 Å². The molecule has 0 aromatic rings. The summed E-state index contributed by atoms with van der Waals surface area (Å²) in [6, 6.07) is -0.403. The van der Waals surface area contributed by atoms with E-state index in [1.165, 1.54) is 0 Å². The van der Waals surface area contributed by atoms with E-state index < -0.39 is 12.0 Å². The third-order valence-electron chi connectivity index (χ3n) is 4.38. The van der Waals surface area contributed by atoms with Crippen molar-refractivity contribution in [1.29, 1.82) is 0 Å². The summed E-state index contributed by atoms with van der Waals surface area (Å²) in [6.45, 7) is 13.8. The Morgan fingerprint density at radius 1 is 1.13 bits per heavy atom. The number of ether oxygens (including phenoxy) is 2. The van der Waals surface area contributed by atoms with Gasteiger partial charge in [0.05, 0.1) is 31.8 Å². The Morgan fingerprint density at radius 3 is 2.40 bits per heavy atom. The Hall–Kier alpha value is -2.19. The molecule has 8 heteroatoms. The molecule has 0 saturated heterocycles. The highest BCUT2D eigenvalue weighted by Crippen LogP contribution is 2.21. The average Bonchev–Trinajstić information content (AvgIpc) is 2.67. The quantitative estimate of drug-likeness (QED) is 0.197. The number of aliphatic hydroxyl groups excluding tert-OH is 1. The van der Waals surface area contributed by atoms with Gasteiger partial charge in [0.2, 0.25) is 11.8 Å². The second kappa shape index (κ2) is 15.6. The van der Waals surface area contributed by atoms with Gasteiger partial charge in [-0.3, -0.25) is 14.4 Å². The molecule has 0 heterocycles. The van der Waals surface area contributed by atoms with Gasteiger partial charge in [-0.2, -0.15) is 0 Å². The van der Waals surface area contributed by atoms with Gasteiger partial charge in [-0.25, -0.2) is 0 Å². The second-order valence-electron chi connectivity index (χ2n) is 8.05. The fourth-order valence-electron chi connectivity index (χ4n) is 2.48. The van der Waals surface area contributed by atoms with Gasteiger partial charge in [0, 0.05) is 19.4 Å². The van der Waals surface area contributed by atoms with E-state index in [2.05, 4.69) is 23.8 Å². The molecule has 8 nitrogen and oxygen atoms in total. The van der Waals surface area contributed by atoms with Gasteiger partial charge in [0.15, 0.2) is 0 Å². The standard InChI is InChI=1S/C22H38N2O6/c1-6-8-10-20(27)30-16-18(22(3,4)5)24-21(28)17(9-7-2)15-19(26)23-11-13-29-14-12-25/h6-7,17-18,25H,1-2,8-16H2,3-5H3,(H,23,26)(H,24,28)/t17-,18-/m1/s1. The molecule has 2 amide bonds. The lowest BCUT2D eigenvalue weighted by Crippen LogP contribution is -2.49. The van der Waals surface area contributed by atoms with Crippen molar-refractivity contribution in [3.05, 3.63) is 25.3 Å². The lowest BCUT2D eigenvalue weighted by atomic mass is 9.86. The van der Waals surface area contributed by atoms with Crippen molar-refractivity contribution < 1.29 is 29.0 Å². The van der Waals surface area contributed by atoms with Crippen LogP contribution in [-0.2, 0) is 23.9 Å². The van der Waals surface area contributed by atoms with Gasteiger partial charge >= 0.3 is 5.97 Å². The molecule has 0 spiro atoms. The number of rotatable bonds is 16. The van der Waals surface area contributed by atoms with Crippen LogP contribution in [0, 0.1) is 11.3 Å². The van der Waals surface area contributed by atoms with Gasteiger partial charge in [-0.15, -0.1) is 13.2 Å². The maximum absolute atomic E-state index is 12.8. The van der Waals surface area contributed by atoms with Crippen LogP contribution in [0.4, 0.5) is 0 Å². The molecule has 0 rings (SSSR count). The zero-order valence-electron chi connectivity index (χ0n) is 18.6. The largest absolute Gasteiger partial charge is 0.463 e. The van der Waals surface area contributed by atoms with Crippen LogP contribution in [0.25, 0.3) is 0 Å². The van der Waals surface area contributed by atoms with E-state index in [-0.39, 0.29) is 62.5 Å². The molecule has 0 aromatic heterocycles. The number of hydrogen-bond acceptors (Lipinski definition) is 6. The third kappa shape index (κ3) is 13.1. The lowest BCUT2D eigenvalue weighted by Gasteiger charge is -2.32. The molecule has 0 aliphatic carbocycles. The van der Waals surface area contributed by atoms with Crippen molar-refractivity contribution in [2.45, 2.75) is 52.5 Å². The van der Waals surface area contributed by atoms with Crippen LogP contribution in [0.3, 0.4) is 0 Å². The normalized spacial score (nSPS) is 13.1. The molecule has 0 aliphatic rings. The van der Waals surface area contributed by atoms with Crippen molar-refractivity contribution in [2.24, 2.45) is 11.3 Å². The third-order valence-corrected chi connectivity index (χ3v) is 4.38. The number of amides is 2. The fourth-order valence-corrected chi connectivity index (χ4v) is 2.48. The summed E-state index contributed by atoms with van der Waals surface area (Å²) in [5, 5.41) is 14.3. The minimum Gasteiger partial charge on any atom is -0.463 e. The van der Waals surface area contributed by atoms with Gasteiger partial charge in [-0.1, -0.05) is 32.9 Å². The van der Waals surface area contributed by atoms with Crippen LogP contribution in [-0.4, -0.2) is 61.9 Å². The molecule has 3 N–H and O–H groups in total. The molecule has 0 saturated carbocycles. The van der Waals surface area contributed by atoms with Gasteiger partial charge < -0.3 is 25.2 Å². The Morgan fingerprint density at radius 2 is 1.83 bits per heavy atom. The predicted octanol–water partition coefficient (Wildman–Crippen LogP) is 1.73. The molecule has 0 aromatic carbocycles. The molecule has 0 fully saturated rings. The van der Waals surface area contributed by atoms with Crippen molar-refractivity contribution in [1.82, 2.24) is 10.6 Å². The number of nitrogens with one attached hydrogen (secondary N) is 2. The Kier molecular flexibility index (Phi) is 14.5. The molecule has 172 valence electrons. The van der Waals surface area contributed by atoms with Crippen molar-refractivity contribution in [3.63, 3.8) is 0 Å². The molecule has 0 unspecified atom stereocenters. The number of esters is 1. The first-order chi connectivity index (χ1) is 14.1. The maximum atomic E-state index is 12.8. The van der Waals surface area contributed by atoms with E-state index in [9.17, 15) is 14.4 Å². The van der Waals surface area contributed by atoms with Gasteiger partial charge in [0.25, 0.3) is 0 Å². The highest BCUT2D eigenvalue weighted by atomic mass is 16.5. The zero-order chi connectivity index (χ0) is 23.0. The molecule has 2 atom stereocenters. The fraction of sp³-hybridized carbons (Fsp3) is 0.682. The molecular formula is C22H38N2O6. The topological polar surface area (TPSA) is 114 Å². The summed E-state index contributed by atoms with van der Waals surface area (Å²) in [5.74, 6) is -1.48. The number of hydrogen-bond donors (Lipinski definition) is 3. The van der Waals surface area contributed by atoms with Crippen molar-refractivity contribution >= 4 is 17.8 Å². The Balaban J connectivity index is 4.79. The molecule has 0 bridgehead atoms. The van der Waals surface area contributed by atoms with Gasteiger partial charge in [-0.05, 0) is 18.3 Å². The van der Waals surface area contributed by atoms with Crippen molar-refractivity contribution in [3.8, 4) is 0 Å². The SMILES string of the molecule is C=CCCC(=O)OC[C@@H](NC(=O)[C@H](CC=C)CC(=O)NCCOCCO)C(C)(C)C. The number of carbonyl (C=O) groups is 3. The first-order valence-corrected chi connectivity index (χ1v) is 10.3. The highest BCUT2D eigenvalue weighted by Gasteiger charge is 2.30. The number of allylic oxidation sites excluding steroid dienone is 2. The predicted molar refractivity (Wildman–Crippen MR) is 116 cm³/mol.